The van der Waals surface area contributed by atoms with E-state index < -0.39 is 16.1 Å². The van der Waals surface area contributed by atoms with Crippen LogP contribution < -0.4 is 9.47 Å². The Morgan fingerprint density at radius 1 is 0.839 bits per heavy atom. The van der Waals surface area contributed by atoms with Crippen LogP contribution in [0.3, 0.4) is 0 Å². The normalized spacial score (nSPS) is 24.3. The minimum Gasteiger partial charge on any atom is -0.486 e. The van der Waals surface area contributed by atoms with Crippen molar-refractivity contribution in [2.45, 2.75) is 36.6 Å². The second-order valence-electron chi connectivity index (χ2n) is 8.50. The summed E-state index contributed by atoms with van der Waals surface area (Å²) in [5.74, 6) is 1.13. The molecule has 4 aliphatic rings. The minimum atomic E-state index is -3.85. The van der Waals surface area contributed by atoms with E-state index in [4.69, 9.17) is 9.47 Å². The van der Waals surface area contributed by atoms with Crippen LogP contribution in [0.4, 0.5) is 0 Å². The molecule has 3 aliphatic heterocycles. The fourth-order valence-electron chi connectivity index (χ4n) is 4.54. The van der Waals surface area contributed by atoms with Crippen LogP contribution in [-0.2, 0) is 19.6 Å². The second-order valence-corrected chi connectivity index (χ2v) is 10.4. The molecule has 3 heterocycles. The Kier molecular flexibility index (Phi) is 5.29. The number of carbonyl (C=O) groups is 2. The van der Waals surface area contributed by atoms with E-state index in [-0.39, 0.29) is 22.6 Å². The summed E-state index contributed by atoms with van der Waals surface area (Å²) >= 11 is 0. The van der Waals surface area contributed by atoms with Crippen molar-refractivity contribution in [1.29, 1.82) is 0 Å². The summed E-state index contributed by atoms with van der Waals surface area (Å²) in [5, 5.41) is 0. The molecule has 1 saturated carbocycles. The maximum absolute atomic E-state index is 13.3. The molecule has 1 atom stereocenters. The number of rotatable bonds is 4. The highest BCUT2D eigenvalue weighted by atomic mass is 32.2. The number of nitrogens with zero attached hydrogens (tertiary/aromatic N) is 3. The van der Waals surface area contributed by atoms with Crippen LogP contribution in [-0.4, -0.2) is 86.3 Å². The number of carbonyl (C=O) groups excluding carboxylic acids is 2. The smallest absolute Gasteiger partial charge is 0.243 e. The van der Waals surface area contributed by atoms with Gasteiger partial charge in [-0.25, -0.2) is 8.42 Å². The van der Waals surface area contributed by atoms with Crippen LogP contribution in [0.2, 0.25) is 0 Å². The molecule has 2 amide bonds. The molecular weight excluding hydrogens is 422 g/mol. The molecule has 1 unspecified atom stereocenters. The summed E-state index contributed by atoms with van der Waals surface area (Å²) in [7, 11) is -3.85. The van der Waals surface area contributed by atoms with Crippen molar-refractivity contribution in [3.63, 3.8) is 0 Å². The lowest BCUT2D eigenvalue weighted by Crippen LogP contribution is -2.55. The predicted octanol–water partition coefficient (Wildman–Crippen LogP) is 0.692. The van der Waals surface area contributed by atoms with E-state index >= 15 is 0 Å². The number of amides is 2. The zero-order valence-corrected chi connectivity index (χ0v) is 18.2. The largest absolute Gasteiger partial charge is 0.486 e. The number of ether oxygens (including phenoxy) is 2. The van der Waals surface area contributed by atoms with Gasteiger partial charge in [-0.3, -0.25) is 9.59 Å². The van der Waals surface area contributed by atoms with Crippen LogP contribution in [0.1, 0.15) is 25.7 Å². The van der Waals surface area contributed by atoms with E-state index in [1.165, 1.54) is 16.4 Å². The van der Waals surface area contributed by atoms with Gasteiger partial charge in [0, 0.05) is 44.7 Å². The van der Waals surface area contributed by atoms with E-state index in [0.717, 1.165) is 12.8 Å². The number of piperazine rings is 1. The van der Waals surface area contributed by atoms with Crippen molar-refractivity contribution >= 4 is 21.8 Å². The lowest BCUT2D eigenvalue weighted by atomic mass is 10.2. The van der Waals surface area contributed by atoms with Gasteiger partial charge in [0.1, 0.15) is 19.3 Å². The standard InChI is InChI=1S/C21H27N3O6S/c25-20(15-3-4-15)22-8-10-23(11-9-22)21(26)17-2-1-7-24(17)31(27,28)16-5-6-18-19(14-16)30-13-12-29-18/h5-6,14-15,17H,1-4,7-13H2. The Balaban J connectivity index is 1.29. The monoisotopic (exact) mass is 449 g/mol. The van der Waals surface area contributed by atoms with E-state index in [1.807, 2.05) is 4.90 Å². The van der Waals surface area contributed by atoms with Crippen LogP contribution >= 0.6 is 0 Å². The third kappa shape index (κ3) is 3.87. The predicted molar refractivity (Wildman–Crippen MR) is 110 cm³/mol. The third-order valence-electron chi connectivity index (χ3n) is 6.44. The first kappa shape index (κ1) is 20.6. The van der Waals surface area contributed by atoms with Gasteiger partial charge in [0.25, 0.3) is 0 Å². The zero-order chi connectivity index (χ0) is 21.6. The summed E-state index contributed by atoms with van der Waals surface area (Å²) in [4.78, 5) is 29.1. The van der Waals surface area contributed by atoms with Crippen LogP contribution in [0, 0.1) is 5.92 Å². The first-order valence-corrected chi connectivity index (χ1v) is 12.4. The average molecular weight is 450 g/mol. The molecule has 5 rings (SSSR count). The highest BCUT2D eigenvalue weighted by Gasteiger charge is 2.42. The Morgan fingerprint density at radius 3 is 2.16 bits per heavy atom. The molecule has 1 aromatic carbocycles. The van der Waals surface area contributed by atoms with Crippen molar-refractivity contribution in [3.05, 3.63) is 18.2 Å². The SMILES string of the molecule is O=C(C1CC1)N1CCN(C(=O)C2CCCN2S(=O)(=O)c2ccc3c(c2)OCCO3)CC1. The molecule has 9 nitrogen and oxygen atoms in total. The first-order chi connectivity index (χ1) is 14.9. The number of hydrogen-bond donors (Lipinski definition) is 0. The molecule has 3 fully saturated rings. The fraction of sp³-hybridized carbons (Fsp3) is 0.619. The highest BCUT2D eigenvalue weighted by molar-refractivity contribution is 7.89. The van der Waals surface area contributed by atoms with Gasteiger partial charge in [0.05, 0.1) is 4.90 Å². The van der Waals surface area contributed by atoms with Crippen molar-refractivity contribution in [2.75, 3.05) is 45.9 Å². The quantitative estimate of drug-likeness (QED) is 0.671. The highest BCUT2D eigenvalue weighted by Crippen LogP contribution is 2.35. The van der Waals surface area contributed by atoms with Gasteiger partial charge in [0.2, 0.25) is 21.8 Å². The van der Waals surface area contributed by atoms with Gasteiger partial charge in [0.15, 0.2) is 11.5 Å². The average Bonchev–Trinajstić information content (AvgIpc) is 3.53. The lowest BCUT2D eigenvalue weighted by molar-refractivity contribution is -0.142. The lowest BCUT2D eigenvalue weighted by Gasteiger charge is -2.37. The summed E-state index contributed by atoms with van der Waals surface area (Å²) < 4.78 is 39.0. The fourth-order valence-corrected chi connectivity index (χ4v) is 6.21. The molecule has 1 aliphatic carbocycles. The van der Waals surface area contributed by atoms with E-state index in [9.17, 15) is 18.0 Å². The van der Waals surface area contributed by atoms with Crippen molar-refractivity contribution < 1.29 is 27.5 Å². The summed E-state index contributed by atoms with van der Waals surface area (Å²) in [6, 6.07) is 3.88. The maximum Gasteiger partial charge on any atom is 0.243 e. The van der Waals surface area contributed by atoms with Crippen LogP contribution in [0.25, 0.3) is 0 Å². The number of sulfonamides is 1. The van der Waals surface area contributed by atoms with Crippen molar-refractivity contribution in [1.82, 2.24) is 14.1 Å². The Bertz CT molecular complexity index is 985. The molecule has 168 valence electrons. The van der Waals surface area contributed by atoms with Crippen LogP contribution in [0.5, 0.6) is 11.5 Å². The van der Waals surface area contributed by atoms with E-state index in [1.54, 1.807) is 11.0 Å². The maximum atomic E-state index is 13.3. The van der Waals surface area contributed by atoms with Crippen molar-refractivity contribution in [2.24, 2.45) is 5.92 Å². The number of hydrogen-bond acceptors (Lipinski definition) is 6. The molecule has 0 aromatic heterocycles. The minimum absolute atomic E-state index is 0.108. The molecular formula is C21H27N3O6S. The number of fused-ring (bicyclic) bond motifs is 1. The molecule has 0 radical (unpaired) electrons. The van der Waals surface area contributed by atoms with Gasteiger partial charge < -0.3 is 19.3 Å². The van der Waals surface area contributed by atoms with Crippen LogP contribution in [0.15, 0.2) is 23.1 Å². The molecule has 0 spiro atoms. The molecule has 0 N–H and O–H groups in total. The topological polar surface area (TPSA) is 96.5 Å². The molecule has 10 heteroatoms. The third-order valence-corrected chi connectivity index (χ3v) is 8.34. The van der Waals surface area contributed by atoms with E-state index in [0.29, 0.717) is 70.3 Å². The Hall–Kier alpha value is -2.33. The van der Waals surface area contributed by atoms with Gasteiger partial charge in [-0.1, -0.05) is 0 Å². The molecule has 2 saturated heterocycles. The van der Waals surface area contributed by atoms with Crippen molar-refractivity contribution in [3.8, 4) is 11.5 Å². The number of benzene rings is 1. The molecule has 0 bridgehead atoms. The first-order valence-electron chi connectivity index (χ1n) is 10.9. The molecule has 31 heavy (non-hydrogen) atoms. The van der Waals surface area contributed by atoms with Gasteiger partial charge in [-0.05, 0) is 37.8 Å². The Morgan fingerprint density at radius 2 is 1.48 bits per heavy atom. The summed E-state index contributed by atoms with van der Waals surface area (Å²) in [6.45, 7) is 3.05. The molecule has 1 aromatic rings. The second kappa shape index (κ2) is 7.98. The summed E-state index contributed by atoms with van der Waals surface area (Å²) in [5.41, 5.74) is 0. The van der Waals surface area contributed by atoms with Gasteiger partial charge in [-0.2, -0.15) is 4.31 Å². The van der Waals surface area contributed by atoms with E-state index in [2.05, 4.69) is 0 Å². The van der Waals surface area contributed by atoms with Gasteiger partial charge >= 0.3 is 0 Å². The van der Waals surface area contributed by atoms with Gasteiger partial charge in [-0.15, -0.1) is 0 Å². The zero-order valence-electron chi connectivity index (χ0n) is 17.4. The Labute approximate surface area is 181 Å². The summed E-state index contributed by atoms with van der Waals surface area (Å²) in [6.07, 6.45) is 3.07.